The Morgan fingerprint density at radius 2 is 2.06 bits per heavy atom. The molecule has 0 fully saturated rings. The van der Waals surface area contributed by atoms with E-state index < -0.39 is 31.3 Å². The zero-order valence-corrected chi connectivity index (χ0v) is 9.25. The second-order valence-electron chi connectivity index (χ2n) is 3.54. The maximum absolute atomic E-state index is 12.2. The highest BCUT2D eigenvalue weighted by Gasteiger charge is 2.33. The Morgan fingerprint density at radius 3 is 2.44 bits per heavy atom. The number of halogens is 3. The number of carboxylic acid groups (broad SMARTS) is 1. The minimum atomic E-state index is -4.39. The summed E-state index contributed by atoms with van der Waals surface area (Å²) in [6.45, 7) is 0.0113. The Balaban J connectivity index is 4.34. The molecule has 0 aromatic heterocycles. The summed E-state index contributed by atoms with van der Waals surface area (Å²) in [5, 5.41) is 8.51. The van der Waals surface area contributed by atoms with E-state index in [-0.39, 0.29) is 0 Å². The third kappa shape index (κ3) is 7.47. The molecule has 0 spiro atoms. The van der Waals surface area contributed by atoms with Crippen molar-refractivity contribution in [2.45, 2.75) is 25.6 Å². The van der Waals surface area contributed by atoms with E-state index in [0.29, 0.717) is 13.0 Å². The molecule has 1 unspecified atom stereocenters. The summed E-state index contributed by atoms with van der Waals surface area (Å²) in [6.07, 6.45) is -4.03. The Labute approximate surface area is 92.0 Å². The summed E-state index contributed by atoms with van der Waals surface area (Å²) in [5.74, 6) is -1.27. The van der Waals surface area contributed by atoms with Crippen molar-refractivity contribution < 1.29 is 27.8 Å². The Hall–Kier alpha value is -0.820. The van der Waals surface area contributed by atoms with Gasteiger partial charge in [0.15, 0.2) is 0 Å². The van der Waals surface area contributed by atoms with Crippen LogP contribution in [-0.4, -0.2) is 55.0 Å². The lowest BCUT2D eigenvalue weighted by molar-refractivity contribution is -0.158. The molecule has 0 aromatic carbocycles. The lowest BCUT2D eigenvalue weighted by Crippen LogP contribution is -2.43. The zero-order chi connectivity index (χ0) is 12.8. The van der Waals surface area contributed by atoms with E-state index >= 15 is 0 Å². The predicted molar refractivity (Wildman–Crippen MR) is 51.2 cm³/mol. The average molecular weight is 243 g/mol. The second kappa shape index (κ2) is 6.70. The summed E-state index contributed by atoms with van der Waals surface area (Å²) in [5.41, 5.74) is 0. The predicted octanol–water partition coefficient (Wildman–Crippen LogP) is 1.36. The van der Waals surface area contributed by atoms with Gasteiger partial charge in [0.2, 0.25) is 0 Å². The molecule has 0 bridgehead atoms. The number of ether oxygens (including phenoxy) is 1. The highest BCUT2D eigenvalue weighted by molar-refractivity contribution is 5.69. The number of carbonyl (C=O) groups is 1. The normalized spacial score (nSPS) is 14.1. The van der Waals surface area contributed by atoms with Gasteiger partial charge in [-0.2, -0.15) is 13.2 Å². The summed E-state index contributed by atoms with van der Waals surface area (Å²) < 4.78 is 41.3. The van der Waals surface area contributed by atoms with Crippen LogP contribution in [-0.2, 0) is 9.53 Å². The van der Waals surface area contributed by atoms with Gasteiger partial charge in [0.1, 0.15) is 0 Å². The number of aliphatic carboxylic acids is 1. The first-order valence-electron chi connectivity index (χ1n) is 4.77. The minimum absolute atomic E-state index is 0.301. The van der Waals surface area contributed by atoms with Crippen LogP contribution in [0.25, 0.3) is 0 Å². The Kier molecular flexibility index (Phi) is 6.35. The van der Waals surface area contributed by atoms with Crippen molar-refractivity contribution in [2.24, 2.45) is 0 Å². The molecule has 4 nitrogen and oxygen atoms in total. The van der Waals surface area contributed by atoms with E-state index in [1.54, 1.807) is 6.92 Å². The largest absolute Gasteiger partial charge is 0.480 e. The van der Waals surface area contributed by atoms with Gasteiger partial charge in [-0.3, -0.25) is 9.69 Å². The summed E-state index contributed by atoms with van der Waals surface area (Å²) in [4.78, 5) is 11.3. The van der Waals surface area contributed by atoms with Crippen molar-refractivity contribution in [3.63, 3.8) is 0 Å². The van der Waals surface area contributed by atoms with Crippen LogP contribution in [0, 0.1) is 0 Å². The van der Waals surface area contributed by atoms with E-state index in [9.17, 15) is 18.0 Å². The van der Waals surface area contributed by atoms with Crippen molar-refractivity contribution in [1.82, 2.24) is 4.90 Å². The van der Waals surface area contributed by atoms with Gasteiger partial charge in [-0.05, 0) is 13.3 Å². The minimum Gasteiger partial charge on any atom is -0.480 e. The molecular weight excluding hydrogens is 227 g/mol. The van der Waals surface area contributed by atoms with E-state index in [1.165, 1.54) is 7.11 Å². The third-order valence-corrected chi connectivity index (χ3v) is 2.08. The van der Waals surface area contributed by atoms with Gasteiger partial charge in [0.05, 0.1) is 13.1 Å². The number of nitrogens with zero attached hydrogens (tertiary/aromatic N) is 1. The molecule has 0 radical (unpaired) electrons. The molecular formula is C9H16F3NO3. The third-order valence-electron chi connectivity index (χ3n) is 2.08. The van der Waals surface area contributed by atoms with Crippen molar-refractivity contribution in [3.05, 3.63) is 0 Å². The molecule has 1 N–H and O–H groups in total. The molecule has 0 rings (SSSR count). The number of hydrogen-bond donors (Lipinski definition) is 1. The van der Waals surface area contributed by atoms with Crippen molar-refractivity contribution in [2.75, 3.05) is 26.8 Å². The smallest absolute Gasteiger partial charge is 0.401 e. The van der Waals surface area contributed by atoms with E-state index in [4.69, 9.17) is 9.84 Å². The van der Waals surface area contributed by atoms with Gasteiger partial charge in [0.25, 0.3) is 0 Å². The fourth-order valence-corrected chi connectivity index (χ4v) is 1.24. The molecule has 0 amide bonds. The molecule has 1 atom stereocenters. The van der Waals surface area contributed by atoms with E-state index in [1.807, 2.05) is 0 Å². The van der Waals surface area contributed by atoms with Crippen molar-refractivity contribution >= 4 is 5.97 Å². The molecule has 0 heterocycles. The van der Waals surface area contributed by atoms with Gasteiger partial charge in [-0.15, -0.1) is 0 Å². The second-order valence-corrected chi connectivity index (χ2v) is 3.54. The van der Waals surface area contributed by atoms with Gasteiger partial charge in [-0.25, -0.2) is 0 Å². The van der Waals surface area contributed by atoms with Gasteiger partial charge in [-0.1, -0.05) is 0 Å². The van der Waals surface area contributed by atoms with E-state index in [2.05, 4.69) is 0 Å². The topological polar surface area (TPSA) is 49.8 Å². The van der Waals surface area contributed by atoms with Crippen LogP contribution in [0.4, 0.5) is 13.2 Å². The van der Waals surface area contributed by atoms with Crippen LogP contribution in [0.3, 0.4) is 0 Å². The molecule has 0 aromatic rings. The fourth-order valence-electron chi connectivity index (χ4n) is 1.24. The number of alkyl halides is 3. The summed E-state index contributed by atoms with van der Waals surface area (Å²) in [6, 6.07) is -0.488. The molecule has 0 saturated carbocycles. The van der Waals surface area contributed by atoms with Crippen LogP contribution in [0.15, 0.2) is 0 Å². The first-order chi connectivity index (χ1) is 7.26. The molecule has 0 aliphatic heterocycles. The zero-order valence-electron chi connectivity index (χ0n) is 9.25. The molecule has 96 valence electrons. The Bertz CT molecular complexity index is 221. The average Bonchev–Trinajstić information content (AvgIpc) is 2.10. The molecule has 0 saturated heterocycles. The van der Waals surface area contributed by atoms with Crippen molar-refractivity contribution in [1.29, 1.82) is 0 Å². The highest BCUT2D eigenvalue weighted by Crippen LogP contribution is 2.18. The van der Waals surface area contributed by atoms with Gasteiger partial charge < -0.3 is 9.84 Å². The Morgan fingerprint density at radius 1 is 1.50 bits per heavy atom. The molecule has 7 heteroatoms. The molecule has 16 heavy (non-hydrogen) atoms. The van der Waals surface area contributed by atoms with Crippen LogP contribution in [0.5, 0.6) is 0 Å². The quantitative estimate of drug-likeness (QED) is 0.733. The molecule has 0 aliphatic carbocycles. The lowest BCUT2D eigenvalue weighted by atomic mass is 10.2. The van der Waals surface area contributed by atoms with Crippen LogP contribution < -0.4 is 0 Å². The summed E-state index contributed by atoms with van der Waals surface area (Å²) in [7, 11) is 1.44. The SMILES string of the molecule is COCCC(C)N(CC(=O)O)CC(F)(F)F. The number of hydrogen-bond acceptors (Lipinski definition) is 3. The van der Waals surface area contributed by atoms with Gasteiger partial charge >= 0.3 is 12.1 Å². The fraction of sp³-hybridized carbons (Fsp3) is 0.889. The summed E-state index contributed by atoms with van der Waals surface area (Å²) >= 11 is 0. The van der Waals surface area contributed by atoms with E-state index in [0.717, 1.165) is 4.90 Å². The monoisotopic (exact) mass is 243 g/mol. The maximum Gasteiger partial charge on any atom is 0.401 e. The number of methoxy groups -OCH3 is 1. The lowest BCUT2D eigenvalue weighted by Gasteiger charge is -2.28. The van der Waals surface area contributed by atoms with Gasteiger partial charge in [0, 0.05) is 19.8 Å². The van der Waals surface area contributed by atoms with Crippen molar-refractivity contribution in [3.8, 4) is 0 Å². The number of rotatable bonds is 7. The first-order valence-corrected chi connectivity index (χ1v) is 4.77. The number of carboxylic acids is 1. The molecule has 0 aliphatic rings. The van der Waals surface area contributed by atoms with Crippen LogP contribution in [0.1, 0.15) is 13.3 Å². The highest BCUT2D eigenvalue weighted by atomic mass is 19.4. The van der Waals surface area contributed by atoms with Crippen LogP contribution in [0.2, 0.25) is 0 Å². The maximum atomic E-state index is 12.2. The first kappa shape index (κ1) is 15.2. The standard InChI is InChI=1S/C9H16F3NO3/c1-7(3-4-16-2)13(5-8(14)15)6-9(10,11)12/h7H,3-6H2,1-2H3,(H,14,15). The van der Waals surface area contributed by atoms with Crippen LogP contribution >= 0.6 is 0 Å².